The third-order valence-electron chi connectivity index (χ3n) is 4.80. The SMILES string of the molecule is N=C1/C(=C\c2ccc(-c3ccc(F)c(Cl)c3)o2)C(=O)N=C2SC=C(c3ccccc3)N12. The second-order valence-corrected chi connectivity index (χ2v) is 8.00. The van der Waals surface area contributed by atoms with E-state index >= 15 is 0 Å². The largest absolute Gasteiger partial charge is 0.457 e. The van der Waals surface area contributed by atoms with Gasteiger partial charge in [0.25, 0.3) is 5.91 Å². The molecular weight excluding hydrogens is 437 g/mol. The number of halogens is 2. The van der Waals surface area contributed by atoms with Crippen LogP contribution in [-0.2, 0) is 4.79 Å². The number of hydrogen-bond acceptors (Lipinski definition) is 4. The van der Waals surface area contributed by atoms with E-state index in [1.165, 1.54) is 30.0 Å². The topological polar surface area (TPSA) is 69.7 Å². The summed E-state index contributed by atoms with van der Waals surface area (Å²) in [7, 11) is 0. The van der Waals surface area contributed by atoms with Crippen LogP contribution in [0.3, 0.4) is 0 Å². The number of nitrogens with one attached hydrogen (secondary N) is 1. The van der Waals surface area contributed by atoms with E-state index in [0.717, 1.165) is 11.3 Å². The lowest BCUT2D eigenvalue weighted by Crippen LogP contribution is -2.37. The molecule has 0 radical (unpaired) electrons. The van der Waals surface area contributed by atoms with Crippen molar-refractivity contribution in [1.82, 2.24) is 4.90 Å². The number of hydrogen-bond donors (Lipinski definition) is 1. The summed E-state index contributed by atoms with van der Waals surface area (Å²) in [6, 6.07) is 17.3. The standard InChI is InChI=1S/C23H13ClFN3O2S/c24-17-10-14(6-8-18(17)25)20-9-7-15(30-20)11-16-21(26)28-19(13-4-2-1-3-5-13)12-31-23(28)27-22(16)29/h1-12,26H/b16-11+,26-21?. The molecule has 3 aromatic rings. The Morgan fingerprint density at radius 2 is 1.90 bits per heavy atom. The lowest BCUT2D eigenvalue weighted by atomic mass is 10.1. The van der Waals surface area contributed by atoms with E-state index in [4.69, 9.17) is 21.4 Å². The van der Waals surface area contributed by atoms with Gasteiger partial charge in [-0.1, -0.05) is 53.7 Å². The number of carbonyl (C=O) groups excluding carboxylic acids is 1. The molecule has 152 valence electrons. The van der Waals surface area contributed by atoms with Crippen LogP contribution in [0.4, 0.5) is 4.39 Å². The average molecular weight is 450 g/mol. The number of furan rings is 1. The van der Waals surface area contributed by atoms with Crippen molar-refractivity contribution in [3.8, 4) is 11.3 Å². The molecule has 1 aromatic heterocycles. The minimum Gasteiger partial charge on any atom is -0.457 e. The summed E-state index contributed by atoms with van der Waals surface area (Å²) in [6.07, 6.45) is 1.49. The molecule has 0 fully saturated rings. The molecule has 3 heterocycles. The molecule has 5 rings (SSSR count). The summed E-state index contributed by atoms with van der Waals surface area (Å²) in [5.74, 6) is -0.152. The molecule has 0 aliphatic carbocycles. The average Bonchev–Trinajstić information content (AvgIpc) is 3.41. The Labute approximate surface area is 186 Å². The normalized spacial score (nSPS) is 17.1. The van der Waals surface area contributed by atoms with Gasteiger partial charge in [-0.15, -0.1) is 0 Å². The van der Waals surface area contributed by atoms with Gasteiger partial charge < -0.3 is 4.42 Å². The van der Waals surface area contributed by atoms with Crippen molar-refractivity contribution in [1.29, 1.82) is 5.41 Å². The molecule has 2 aliphatic heterocycles. The Bertz CT molecular complexity index is 1330. The number of thioether (sulfide) groups is 1. The second kappa shape index (κ2) is 7.68. The van der Waals surface area contributed by atoms with Gasteiger partial charge in [0.15, 0.2) is 5.17 Å². The van der Waals surface area contributed by atoms with Crippen LogP contribution in [0.2, 0.25) is 5.02 Å². The minimum atomic E-state index is -0.514. The monoisotopic (exact) mass is 449 g/mol. The molecule has 0 saturated carbocycles. The fraction of sp³-hybridized carbons (Fsp3) is 0. The van der Waals surface area contributed by atoms with Crippen molar-refractivity contribution in [3.63, 3.8) is 0 Å². The first-order valence-electron chi connectivity index (χ1n) is 9.22. The van der Waals surface area contributed by atoms with Crippen LogP contribution in [0.25, 0.3) is 23.1 Å². The summed E-state index contributed by atoms with van der Waals surface area (Å²) in [6.45, 7) is 0. The van der Waals surface area contributed by atoms with Gasteiger partial charge in [0, 0.05) is 11.0 Å². The highest BCUT2D eigenvalue weighted by molar-refractivity contribution is 8.17. The third-order valence-corrected chi connectivity index (χ3v) is 5.92. The van der Waals surface area contributed by atoms with Crippen LogP contribution in [-0.4, -0.2) is 21.8 Å². The molecule has 0 atom stereocenters. The van der Waals surface area contributed by atoms with Crippen LogP contribution >= 0.6 is 23.4 Å². The number of rotatable bonds is 3. The van der Waals surface area contributed by atoms with Crippen molar-refractivity contribution in [3.05, 3.63) is 93.8 Å². The van der Waals surface area contributed by atoms with E-state index in [9.17, 15) is 9.18 Å². The van der Waals surface area contributed by atoms with Crippen LogP contribution in [0, 0.1) is 11.2 Å². The number of carbonyl (C=O) groups is 1. The predicted molar refractivity (Wildman–Crippen MR) is 121 cm³/mol. The first-order chi connectivity index (χ1) is 15.0. The van der Waals surface area contributed by atoms with Crippen molar-refractivity contribution in [2.45, 2.75) is 0 Å². The van der Waals surface area contributed by atoms with E-state index in [-0.39, 0.29) is 16.4 Å². The molecule has 1 amide bonds. The van der Waals surface area contributed by atoms with Crippen molar-refractivity contribution in [2.75, 3.05) is 0 Å². The highest BCUT2D eigenvalue weighted by Crippen LogP contribution is 2.37. The lowest BCUT2D eigenvalue weighted by molar-refractivity contribution is -0.114. The van der Waals surface area contributed by atoms with Gasteiger partial charge in [0.1, 0.15) is 23.2 Å². The Hall–Kier alpha value is -3.42. The van der Waals surface area contributed by atoms with Gasteiger partial charge in [-0.3, -0.25) is 15.1 Å². The number of fused-ring (bicyclic) bond motifs is 1. The van der Waals surface area contributed by atoms with Crippen LogP contribution in [0.5, 0.6) is 0 Å². The zero-order chi connectivity index (χ0) is 21.5. The van der Waals surface area contributed by atoms with E-state index < -0.39 is 11.7 Å². The quantitative estimate of drug-likeness (QED) is 0.494. The summed E-state index contributed by atoms with van der Waals surface area (Å²) in [5.41, 5.74) is 2.43. The molecule has 31 heavy (non-hydrogen) atoms. The van der Waals surface area contributed by atoms with E-state index in [2.05, 4.69) is 4.99 Å². The molecule has 5 nitrogen and oxygen atoms in total. The van der Waals surface area contributed by atoms with Crippen LogP contribution in [0.15, 0.2) is 81.1 Å². The molecule has 0 spiro atoms. The van der Waals surface area contributed by atoms with Crippen LogP contribution in [0.1, 0.15) is 11.3 Å². The molecule has 0 bridgehead atoms. The zero-order valence-electron chi connectivity index (χ0n) is 15.8. The number of nitrogens with zero attached hydrogens (tertiary/aromatic N) is 2. The highest BCUT2D eigenvalue weighted by Gasteiger charge is 2.36. The summed E-state index contributed by atoms with van der Waals surface area (Å²) < 4.78 is 19.2. The summed E-state index contributed by atoms with van der Waals surface area (Å²) in [4.78, 5) is 18.4. The molecule has 8 heteroatoms. The van der Waals surface area contributed by atoms with Crippen LogP contribution < -0.4 is 0 Å². The van der Waals surface area contributed by atoms with Crippen molar-refractivity contribution >= 4 is 52.0 Å². The molecular formula is C23H13ClFN3O2S. The first-order valence-corrected chi connectivity index (χ1v) is 10.5. The van der Waals surface area contributed by atoms with E-state index in [0.29, 0.717) is 22.3 Å². The van der Waals surface area contributed by atoms with Gasteiger partial charge in [0.2, 0.25) is 0 Å². The van der Waals surface area contributed by atoms with E-state index in [1.807, 2.05) is 35.7 Å². The predicted octanol–water partition coefficient (Wildman–Crippen LogP) is 6.04. The Kier molecular flexibility index (Phi) is 4.84. The molecule has 2 aliphatic rings. The number of amidine groups is 2. The second-order valence-electron chi connectivity index (χ2n) is 6.76. The Morgan fingerprint density at radius 3 is 2.68 bits per heavy atom. The zero-order valence-corrected chi connectivity index (χ0v) is 17.4. The molecule has 1 N–H and O–H groups in total. The van der Waals surface area contributed by atoms with E-state index in [1.54, 1.807) is 23.1 Å². The number of aliphatic imine (C=N–C) groups is 1. The number of benzene rings is 2. The van der Waals surface area contributed by atoms with Gasteiger partial charge in [0.05, 0.1) is 16.3 Å². The van der Waals surface area contributed by atoms with Crippen molar-refractivity contribution in [2.24, 2.45) is 4.99 Å². The third kappa shape index (κ3) is 3.52. The maximum Gasteiger partial charge on any atom is 0.283 e. The fourth-order valence-electron chi connectivity index (χ4n) is 3.29. The summed E-state index contributed by atoms with van der Waals surface area (Å²) >= 11 is 7.16. The first kappa shape index (κ1) is 19.5. The fourth-order valence-corrected chi connectivity index (χ4v) is 4.36. The summed E-state index contributed by atoms with van der Waals surface area (Å²) in [5, 5.41) is 11.0. The Morgan fingerprint density at radius 1 is 1.10 bits per heavy atom. The highest BCUT2D eigenvalue weighted by atomic mass is 35.5. The molecule has 0 saturated heterocycles. The van der Waals surface area contributed by atoms with Crippen molar-refractivity contribution < 1.29 is 13.6 Å². The lowest BCUT2D eigenvalue weighted by Gasteiger charge is -2.26. The number of amides is 1. The smallest absolute Gasteiger partial charge is 0.283 e. The maximum absolute atomic E-state index is 13.4. The molecule has 2 aromatic carbocycles. The minimum absolute atomic E-state index is 0.00771. The maximum atomic E-state index is 13.4. The van der Waals surface area contributed by atoms with Gasteiger partial charge in [-0.2, -0.15) is 4.99 Å². The Balaban J connectivity index is 1.48. The molecule has 0 unspecified atom stereocenters. The van der Waals surface area contributed by atoms with Gasteiger partial charge in [-0.25, -0.2) is 4.39 Å². The van der Waals surface area contributed by atoms with Gasteiger partial charge in [-0.05, 0) is 42.0 Å². The van der Waals surface area contributed by atoms with Gasteiger partial charge >= 0.3 is 0 Å².